The predicted molar refractivity (Wildman–Crippen MR) is 105 cm³/mol. The number of nitrogens with zero attached hydrogens (tertiary/aromatic N) is 3. The van der Waals surface area contributed by atoms with E-state index in [-0.39, 0.29) is 17.6 Å². The summed E-state index contributed by atoms with van der Waals surface area (Å²) < 4.78 is 14.0. The Morgan fingerprint density at radius 3 is 2.78 bits per heavy atom. The second-order valence-corrected chi connectivity index (χ2v) is 8.80. The van der Waals surface area contributed by atoms with Crippen LogP contribution in [0.1, 0.15) is 62.3 Å². The van der Waals surface area contributed by atoms with Crippen LogP contribution in [0.25, 0.3) is 10.6 Å². The number of carbonyl (C=O) groups is 1. The van der Waals surface area contributed by atoms with Gasteiger partial charge in [-0.2, -0.15) is 0 Å². The van der Waals surface area contributed by atoms with Gasteiger partial charge in [-0.1, -0.05) is 49.2 Å². The van der Waals surface area contributed by atoms with Crippen molar-refractivity contribution in [3.05, 3.63) is 35.1 Å². The molecule has 2 fully saturated rings. The van der Waals surface area contributed by atoms with E-state index in [2.05, 4.69) is 10.2 Å². The van der Waals surface area contributed by atoms with Gasteiger partial charge < -0.3 is 4.90 Å². The van der Waals surface area contributed by atoms with Crippen LogP contribution in [0.4, 0.5) is 4.39 Å². The van der Waals surface area contributed by atoms with E-state index in [0.29, 0.717) is 17.0 Å². The maximum atomic E-state index is 14.0. The van der Waals surface area contributed by atoms with E-state index in [1.54, 1.807) is 12.1 Å². The van der Waals surface area contributed by atoms with Gasteiger partial charge in [-0.25, -0.2) is 4.39 Å². The fraction of sp³-hybridized carbons (Fsp3) is 0.571. The average Bonchev–Trinajstić information content (AvgIpc) is 3.39. The molecule has 1 aromatic carbocycles. The lowest BCUT2D eigenvalue weighted by molar-refractivity contribution is -0.132. The van der Waals surface area contributed by atoms with Gasteiger partial charge in [0.2, 0.25) is 5.91 Å². The number of carbonyl (C=O) groups excluding carboxylic acids is 1. The largest absolute Gasteiger partial charge is 0.342 e. The highest BCUT2D eigenvalue weighted by Gasteiger charge is 2.28. The van der Waals surface area contributed by atoms with E-state index >= 15 is 0 Å². The van der Waals surface area contributed by atoms with Crippen LogP contribution in [-0.2, 0) is 4.79 Å². The number of piperidine rings is 1. The first-order valence-corrected chi connectivity index (χ1v) is 10.9. The Morgan fingerprint density at radius 1 is 1.15 bits per heavy atom. The van der Waals surface area contributed by atoms with Crippen LogP contribution in [0, 0.1) is 11.7 Å². The lowest BCUT2D eigenvalue weighted by Crippen LogP contribution is -2.39. The minimum absolute atomic E-state index is 0.215. The van der Waals surface area contributed by atoms with Crippen LogP contribution in [0.5, 0.6) is 0 Å². The van der Waals surface area contributed by atoms with Gasteiger partial charge in [-0.05, 0) is 37.3 Å². The van der Waals surface area contributed by atoms with Crippen molar-refractivity contribution in [2.24, 2.45) is 5.92 Å². The third-order valence-corrected chi connectivity index (χ3v) is 7.03. The van der Waals surface area contributed by atoms with Gasteiger partial charge >= 0.3 is 0 Å². The summed E-state index contributed by atoms with van der Waals surface area (Å²) >= 11 is 1.45. The van der Waals surface area contributed by atoms with Gasteiger partial charge in [0.1, 0.15) is 10.8 Å². The minimum atomic E-state index is -0.271. The van der Waals surface area contributed by atoms with E-state index in [9.17, 15) is 9.18 Å². The van der Waals surface area contributed by atoms with Gasteiger partial charge in [-0.15, -0.1) is 10.2 Å². The molecule has 1 aliphatic heterocycles. The summed E-state index contributed by atoms with van der Waals surface area (Å²) in [5, 5.41) is 10.1. The van der Waals surface area contributed by atoms with Crippen LogP contribution in [0.15, 0.2) is 24.3 Å². The molecule has 1 aliphatic carbocycles. The summed E-state index contributed by atoms with van der Waals surface area (Å²) in [5.41, 5.74) is 0.501. The molecule has 1 atom stereocenters. The van der Waals surface area contributed by atoms with Crippen LogP contribution < -0.4 is 0 Å². The van der Waals surface area contributed by atoms with E-state index in [1.807, 2.05) is 11.0 Å². The van der Waals surface area contributed by atoms with Crippen molar-refractivity contribution in [3.63, 3.8) is 0 Å². The summed E-state index contributed by atoms with van der Waals surface area (Å²) in [6.07, 6.45) is 8.95. The Morgan fingerprint density at radius 2 is 1.96 bits per heavy atom. The quantitative estimate of drug-likeness (QED) is 0.724. The van der Waals surface area contributed by atoms with E-state index in [4.69, 9.17) is 0 Å². The molecule has 0 radical (unpaired) electrons. The number of aromatic nitrogens is 2. The predicted octanol–water partition coefficient (Wildman–Crippen LogP) is 5.02. The zero-order valence-electron chi connectivity index (χ0n) is 15.6. The Balaban J connectivity index is 1.38. The summed E-state index contributed by atoms with van der Waals surface area (Å²) in [4.78, 5) is 14.7. The van der Waals surface area contributed by atoms with Crippen molar-refractivity contribution < 1.29 is 9.18 Å². The fourth-order valence-electron chi connectivity index (χ4n) is 4.33. The smallest absolute Gasteiger partial charge is 0.222 e. The summed E-state index contributed by atoms with van der Waals surface area (Å²) in [5.74, 6) is 0.978. The maximum absolute atomic E-state index is 14.0. The Bertz CT molecular complexity index is 787. The highest BCUT2D eigenvalue weighted by atomic mass is 32.1. The Hall–Kier alpha value is -1.82. The maximum Gasteiger partial charge on any atom is 0.222 e. The number of halogens is 1. The molecule has 1 amide bonds. The van der Waals surface area contributed by atoms with E-state index < -0.39 is 0 Å². The zero-order chi connectivity index (χ0) is 18.6. The summed E-state index contributed by atoms with van der Waals surface area (Å²) in [6, 6.07) is 6.67. The van der Waals surface area contributed by atoms with Gasteiger partial charge in [0, 0.05) is 31.0 Å². The molecule has 6 heteroatoms. The lowest BCUT2D eigenvalue weighted by atomic mass is 9.97. The first kappa shape index (κ1) is 18.5. The van der Waals surface area contributed by atoms with Crippen LogP contribution in [-0.4, -0.2) is 34.1 Å². The lowest BCUT2D eigenvalue weighted by Gasteiger charge is -2.32. The number of likely N-dealkylation sites (tertiary alicyclic amines) is 1. The molecule has 1 unspecified atom stereocenters. The van der Waals surface area contributed by atoms with Gasteiger partial charge in [0.15, 0.2) is 5.01 Å². The van der Waals surface area contributed by atoms with Crippen molar-refractivity contribution in [1.82, 2.24) is 15.1 Å². The third kappa shape index (κ3) is 4.37. The van der Waals surface area contributed by atoms with Crippen LogP contribution >= 0.6 is 11.3 Å². The van der Waals surface area contributed by atoms with Gasteiger partial charge in [0.05, 0.1) is 0 Å². The number of amides is 1. The van der Waals surface area contributed by atoms with Crippen molar-refractivity contribution in [1.29, 1.82) is 0 Å². The van der Waals surface area contributed by atoms with Crippen molar-refractivity contribution in [2.45, 2.75) is 57.3 Å². The molecule has 4 nitrogen and oxygen atoms in total. The summed E-state index contributed by atoms with van der Waals surface area (Å²) in [7, 11) is 0. The highest BCUT2D eigenvalue weighted by molar-refractivity contribution is 7.14. The SMILES string of the molecule is O=C(CCC1CCCC1)N1CCCC(c2nnc(-c3ccccc3F)s2)C1. The minimum Gasteiger partial charge on any atom is -0.342 e. The normalized spacial score (nSPS) is 20.9. The molecule has 2 heterocycles. The average molecular weight is 388 g/mol. The number of hydrogen-bond acceptors (Lipinski definition) is 4. The number of hydrogen-bond donors (Lipinski definition) is 0. The van der Waals surface area contributed by atoms with Crippen LogP contribution in [0.2, 0.25) is 0 Å². The molecule has 1 saturated heterocycles. The molecule has 1 saturated carbocycles. The number of benzene rings is 1. The molecule has 1 aromatic heterocycles. The Kier molecular flexibility index (Phi) is 5.81. The van der Waals surface area contributed by atoms with Crippen molar-refractivity contribution >= 4 is 17.2 Å². The van der Waals surface area contributed by atoms with E-state index in [1.165, 1.54) is 43.1 Å². The Labute approximate surface area is 163 Å². The highest BCUT2D eigenvalue weighted by Crippen LogP contribution is 2.34. The van der Waals surface area contributed by atoms with Crippen molar-refractivity contribution in [2.75, 3.05) is 13.1 Å². The molecular formula is C21H26FN3OS. The first-order chi connectivity index (χ1) is 13.2. The number of rotatable bonds is 5. The second kappa shape index (κ2) is 8.46. The molecule has 0 spiro atoms. The molecular weight excluding hydrogens is 361 g/mol. The van der Waals surface area contributed by atoms with E-state index in [0.717, 1.165) is 43.3 Å². The summed E-state index contributed by atoms with van der Waals surface area (Å²) in [6.45, 7) is 1.56. The topological polar surface area (TPSA) is 46.1 Å². The second-order valence-electron chi connectivity index (χ2n) is 7.79. The monoisotopic (exact) mass is 387 g/mol. The van der Waals surface area contributed by atoms with Gasteiger partial charge in [-0.3, -0.25) is 4.79 Å². The molecule has 2 aromatic rings. The van der Waals surface area contributed by atoms with Crippen LogP contribution in [0.3, 0.4) is 0 Å². The zero-order valence-corrected chi connectivity index (χ0v) is 16.4. The van der Waals surface area contributed by atoms with Gasteiger partial charge in [0.25, 0.3) is 0 Å². The van der Waals surface area contributed by atoms with Crippen molar-refractivity contribution in [3.8, 4) is 10.6 Å². The molecule has 144 valence electrons. The first-order valence-electron chi connectivity index (χ1n) is 10.1. The standard InChI is InChI=1S/C21H26FN3OS/c22-18-10-4-3-9-17(18)21-24-23-20(27-21)16-8-5-13-25(14-16)19(26)12-11-15-6-1-2-7-15/h3-4,9-10,15-16H,1-2,5-8,11-14H2. The molecule has 4 rings (SSSR count). The molecule has 0 N–H and O–H groups in total. The molecule has 0 bridgehead atoms. The third-order valence-electron chi connectivity index (χ3n) is 5.91. The fourth-order valence-corrected chi connectivity index (χ4v) is 5.33. The molecule has 27 heavy (non-hydrogen) atoms. The molecule has 2 aliphatic rings.